The summed E-state index contributed by atoms with van der Waals surface area (Å²) >= 11 is 1.28. The van der Waals surface area contributed by atoms with Gasteiger partial charge in [0.1, 0.15) is 5.25 Å². The lowest BCUT2D eigenvalue weighted by Crippen LogP contribution is -2.28. The number of aryl methyl sites for hydroxylation is 1. The van der Waals surface area contributed by atoms with Gasteiger partial charge in [-0.25, -0.2) is 4.99 Å². The SMILES string of the molecule is Cc1cccc(NC(=O)C[C@@H]2SC(=Nc3ccccc3)NC2=O)c1. The van der Waals surface area contributed by atoms with Gasteiger partial charge in [-0.15, -0.1) is 0 Å². The average Bonchev–Trinajstić information content (AvgIpc) is 2.87. The Bertz CT molecular complexity index is 790. The molecule has 24 heavy (non-hydrogen) atoms. The van der Waals surface area contributed by atoms with Crippen LogP contribution in [-0.4, -0.2) is 22.2 Å². The fourth-order valence-corrected chi connectivity index (χ4v) is 3.30. The van der Waals surface area contributed by atoms with Gasteiger partial charge in [-0.1, -0.05) is 42.1 Å². The number of carbonyl (C=O) groups is 2. The average molecular weight is 339 g/mol. The number of thioether (sulfide) groups is 1. The van der Waals surface area contributed by atoms with Crippen molar-refractivity contribution in [2.45, 2.75) is 18.6 Å². The highest BCUT2D eigenvalue weighted by Crippen LogP contribution is 2.25. The van der Waals surface area contributed by atoms with Crippen molar-refractivity contribution in [3.63, 3.8) is 0 Å². The lowest BCUT2D eigenvalue weighted by Gasteiger charge is -2.07. The van der Waals surface area contributed by atoms with Gasteiger partial charge in [0.2, 0.25) is 11.8 Å². The fraction of sp³-hybridized carbons (Fsp3) is 0.167. The minimum atomic E-state index is -0.461. The number of nitrogens with zero attached hydrogens (tertiary/aromatic N) is 1. The quantitative estimate of drug-likeness (QED) is 0.898. The number of anilines is 1. The van der Waals surface area contributed by atoms with Crippen LogP contribution in [0.3, 0.4) is 0 Å². The molecule has 0 aromatic heterocycles. The van der Waals surface area contributed by atoms with E-state index in [1.807, 2.05) is 61.5 Å². The molecule has 1 aliphatic heterocycles. The molecule has 6 heteroatoms. The standard InChI is InChI=1S/C18H17N3O2S/c1-12-6-5-9-14(10-12)19-16(22)11-15-17(23)21-18(24-15)20-13-7-3-2-4-8-13/h2-10,15H,11H2,1H3,(H,19,22)(H,20,21,23)/t15-/m0/s1. The predicted molar refractivity (Wildman–Crippen MR) is 97.5 cm³/mol. The predicted octanol–water partition coefficient (Wildman–Crippen LogP) is 3.24. The Kier molecular flexibility index (Phi) is 4.96. The van der Waals surface area contributed by atoms with Crippen LogP contribution in [0.4, 0.5) is 11.4 Å². The van der Waals surface area contributed by atoms with Crippen molar-refractivity contribution in [3.8, 4) is 0 Å². The monoisotopic (exact) mass is 339 g/mol. The van der Waals surface area contributed by atoms with Gasteiger partial charge in [0.05, 0.1) is 5.69 Å². The molecule has 2 amide bonds. The highest BCUT2D eigenvalue weighted by Gasteiger charge is 2.32. The van der Waals surface area contributed by atoms with Crippen LogP contribution in [0.25, 0.3) is 0 Å². The van der Waals surface area contributed by atoms with Crippen LogP contribution < -0.4 is 10.6 Å². The third kappa shape index (κ3) is 4.23. The molecular formula is C18H17N3O2S. The lowest BCUT2D eigenvalue weighted by molar-refractivity contribution is -0.122. The zero-order valence-corrected chi connectivity index (χ0v) is 14.0. The number of carbonyl (C=O) groups excluding carboxylic acids is 2. The Morgan fingerprint density at radius 3 is 2.75 bits per heavy atom. The van der Waals surface area contributed by atoms with Crippen LogP contribution in [0, 0.1) is 6.92 Å². The third-order valence-electron chi connectivity index (χ3n) is 3.44. The van der Waals surface area contributed by atoms with Crippen molar-refractivity contribution < 1.29 is 9.59 Å². The lowest BCUT2D eigenvalue weighted by atomic mass is 10.2. The van der Waals surface area contributed by atoms with Crippen molar-refractivity contribution in [3.05, 3.63) is 60.2 Å². The Hall–Kier alpha value is -2.60. The molecule has 5 nitrogen and oxygen atoms in total. The summed E-state index contributed by atoms with van der Waals surface area (Å²) in [5.74, 6) is -0.372. The van der Waals surface area contributed by atoms with E-state index >= 15 is 0 Å². The van der Waals surface area contributed by atoms with Gasteiger partial charge >= 0.3 is 0 Å². The number of aliphatic imine (C=N–C) groups is 1. The zero-order chi connectivity index (χ0) is 16.9. The van der Waals surface area contributed by atoms with E-state index in [1.54, 1.807) is 0 Å². The second kappa shape index (κ2) is 7.31. The summed E-state index contributed by atoms with van der Waals surface area (Å²) in [6.07, 6.45) is 0.109. The van der Waals surface area contributed by atoms with Gasteiger partial charge in [0, 0.05) is 12.1 Å². The van der Waals surface area contributed by atoms with E-state index in [4.69, 9.17) is 0 Å². The number of para-hydroxylation sites is 1. The van der Waals surface area contributed by atoms with E-state index in [9.17, 15) is 9.59 Å². The summed E-state index contributed by atoms with van der Waals surface area (Å²) in [6.45, 7) is 1.96. The highest BCUT2D eigenvalue weighted by atomic mass is 32.2. The van der Waals surface area contributed by atoms with Crippen molar-refractivity contribution in [2.75, 3.05) is 5.32 Å². The number of hydrogen-bond donors (Lipinski definition) is 2. The molecule has 1 heterocycles. The maximum atomic E-state index is 12.1. The van der Waals surface area contributed by atoms with Crippen LogP contribution in [0.1, 0.15) is 12.0 Å². The minimum absolute atomic E-state index is 0.109. The molecule has 0 aliphatic carbocycles. The first-order chi connectivity index (χ1) is 11.6. The van der Waals surface area contributed by atoms with E-state index in [-0.39, 0.29) is 18.2 Å². The van der Waals surface area contributed by atoms with Crippen LogP contribution in [0.2, 0.25) is 0 Å². The normalized spacial score (nSPS) is 18.5. The third-order valence-corrected chi connectivity index (χ3v) is 4.52. The van der Waals surface area contributed by atoms with Gasteiger partial charge in [0.15, 0.2) is 5.17 Å². The molecule has 1 saturated heterocycles. The van der Waals surface area contributed by atoms with Crippen molar-refractivity contribution in [1.82, 2.24) is 5.32 Å². The van der Waals surface area contributed by atoms with Crippen molar-refractivity contribution in [1.29, 1.82) is 0 Å². The number of nitrogens with one attached hydrogen (secondary N) is 2. The summed E-state index contributed by atoms with van der Waals surface area (Å²) in [7, 11) is 0. The number of hydrogen-bond acceptors (Lipinski definition) is 4. The van der Waals surface area contributed by atoms with Crippen LogP contribution in [0.5, 0.6) is 0 Å². The molecule has 122 valence electrons. The topological polar surface area (TPSA) is 70.6 Å². The maximum absolute atomic E-state index is 12.1. The molecule has 3 rings (SSSR count). The molecule has 1 atom stereocenters. The van der Waals surface area contributed by atoms with Gasteiger partial charge in [0.25, 0.3) is 0 Å². The molecule has 0 bridgehead atoms. The number of amides is 2. The Morgan fingerprint density at radius 1 is 1.21 bits per heavy atom. The number of benzene rings is 2. The zero-order valence-electron chi connectivity index (χ0n) is 13.2. The van der Waals surface area contributed by atoms with Crippen LogP contribution >= 0.6 is 11.8 Å². The Morgan fingerprint density at radius 2 is 2.00 bits per heavy atom. The van der Waals surface area contributed by atoms with Gasteiger partial charge in [-0.05, 0) is 36.8 Å². The highest BCUT2D eigenvalue weighted by molar-refractivity contribution is 8.15. The first-order valence-electron chi connectivity index (χ1n) is 7.58. The summed E-state index contributed by atoms with van der Waals surface area (Å²) in [4.78, 5) is 28.5. The summed E-state index contributed by atoms with van der Waals surface area (Å²) in [5.41, 5.74) is 2.57. The molecule has 1 aliphatic rings. The molecule has 0 radical (unpaired) electrons. The van der Waals surface area contributed by atoms with Crippen molar-refractivity contribution in [2.24, 2.45) is 4.99 Å². The molecular weight excluding hydrogens is 322 g/mol. The van der Waals surface area contributed by atoms with E-state index in [1.165, 1.54) is 11.8 Å². The summed E-state index contributed by atoms with van der Waals surface area (Å²) in [6, 6.07) is 16.9. The molecule has 1 fully saturated rings. The second-order valence-electron chi connectivity index (χ2n) is 5.47. The van der Waals surface area contributed by atoms with E-state index in [0.717, 1.165) is 16.9 Å². The summed E-state index contributed by atoms with van der Waals surface area (Å²) in [5, 5.41) is 5.61. The number of amidine groups is 1. The molecule has 0 saturated carbocycles. The first kappa shape index (κ1) is 16.3. The first-order valence-corrected chi connectivity index (χ1v) is 8.46. The van der Waals surface area contributed by atoms with Crippen LogP contribution in [-0.2, 0) is 9.59 Å². The minimum Gasteiger partial charge on any atom is -0.326 e. The van der Waals surface area contributed by atoms with Gasteiger partial charge in [-0.3, -0.25) is 9.59 Å². The van der Waals surface area contributed by atoms with E-state index in [0.29, 0.717) is 5.17 Å². The Balaban J connectivity index is 1.60. The largest absolute Gasteiger partial charge is 0.326 e. The second-order valence-corrected chi connectivity index (χ2v) is 6.66. The molecule has 2 aromatic carbocycles. The molecule has 2 N–H and O–H groups in total. The van der Waals surface area contributed by atoms with Crippen LogP contribution in [0.15, 0.2) is 59.6 Å². The van der Waals surface area contributed by atoms with E-state index < -0.39 is 5.25 Å². The molecule has 2 aromatic rings. The Labute approximate surface area is 144 Å². The molecule has 0 spiro atoms. The van der Waals surface area contributed by atoms with Gasteiger partial charge < -0.3 is 10.6 Å². The maximum Gasteiger partial charge on any atom is 0.240 e. The number of rotatable bonds is 4. The van der Waals surface area contributed by atoms with Gasteiger partial charge in [-0.2, -0.15) is 0 Å². The van der Waals surface area contributed by atoms with Crippen molar-refractivity contribution >= 4 is 40.1 Å². The summed E-state index contributed by atoms with van der Waals surface area (Å²) < 4.78 is 0. The smallest absolute Gasteiger partial charge is 0.240 e. The fourth-order valence-electron chi connectivity index (χ4n) is 2.32. The molecule has 0 unspecified atom stereocenters. The van der Waals surface area contributed by atoms with E-state index in [2.05, 4.69) is 15.6 Å².